The molecule has 2 aromatic heterocycles. The molecular weight excluding hydrogens is 502 g/mol. The molecule has 6 rings (SSSR count). The number of hydrogen-bond donors (Lipinski definition) is 0. The van der Waals surface area contributed by atoms with Crippen LogP contribution in [-0.4, -0.2) is 90.3 Å². The van der Waals surface area contributed by atoms with Crippen LogP contribution in [0.25, 0.3) is 5.65 Å². The van der Waals surface area contributed by atoms with Crippen molar-refractivity contribution in [1.82, 2.24) is 24.4 Å². The van der Waals surface area contributed by atoms with Crippen LogP contribution in [0.4, 0.5) is 11.6 Å². The SMILES string of the molecule is CC1CN(c2cc3n4nc(cc4n2)C2CCCCN2C(=O)c2cc(Cl)ccc2OCCN(C)CCN3C)C1. The predicted octanol–water partition coefficient (Wildman–Crippen LogP) is 3.97. The van der Waals surface area contributed by atoms with E-state index in [2.05, 4.69) is 47.9 Å². The molecule has 202 valence electrons. The van der Waals surface area contributed by atoms with Gasteiger partial charge in [0, 0.05) is 63.5 Å². The Bertz CT molecular complexity index is 1340. The number of likely N-dealkylation sites (N-methyl/N-ethyl adjacent to an activating group) is 2. The highest BCUT2D eigenvalue weighted by Crippen LogP contribution is 2.36. The number of carbonyl (C=O) groups excluding carboxylic acids is 1. The van der Waals surface area contributed by atoms with Crippen molar-refractivity contribution in [2.45, 2.75) is 32.2 Å². The average molecular weight is 538 g/mol. The van der Waals surface area contributed by atoms with Crippen LogP contribution in [0.15, 0.2) is 30.3 Å². The summed E-state index contributed by atoms with van der Waals surface area (Å²) in [6.45, 7) is 7.89. The molecule has 1 atom stereocenters. The molecule has 3 aliphatic rings. The van der Waals surface area contributed by atoms with E-state index < -0.39 is 0 Å². The van der Waals surface area contributed by atoms with Gasteiger partial charge < -0.3 is 24.3 Å². The number of carbonyl (C=O) groups is 1. The van der Waals surface area contributed by atoms with Crippen molar-refractivity contribution in [3.05, 3.63) is 46.6 Å². The molecule has 3 aliphatic heterocycles. The number of anilines is 2. The van der Waals surface area contributed by atoms with E-state index in [9.17, 15) is 4.79 Å². The Balaban J connectivity index is 1.45. The Hall–Kier alpha value is -3.04. The van der Waals surface area contributed by atoms with Gasteiger partial charge in [0.1, 0.15) is 24.0 Å². The van der Waals surface area contributed by atoms with E-state index in [1.807, 2.05) is 15.5 Å². The summed E-state index contributed by atoms with van der Waals surface area (Å²) in [6.07, 6.45) is 2.87. The van der Waals surface area contributed by atoms with Gasteiger partial charge in [-0.3, -0.25) is 4.79 Å². The molecule has 1 aromatic carbocycles. The summed E-state index contributed by atoms with van der Waals surface area (Å²) >= 11 is 6.35. The Labute approximate surface area is 228 Å². The molecule has 0 saturated carbocycles. The molecule has 0 aliphatic carbocycles. The molecule has 1 amide bonds. The van der Waals surface area contributed by atoms with Crippen molar-refractivity contribution in [2.75, 3.05) is 69.8 Å². The number of fused-ring (bicyclic) bond motifs is 4. The molecule has 0 N–H and O–H groups in total. The van der Waals surface area contributed by atoms with Crippen LogP contribution in [0.2, 0.25) is 5.02 Å². The maximum Gasteiger partial charge on any atom is 0.258 e. The predicted molar refractivity (Wildman–Crippen MR) is 150 cm³/mol. The Kier molecular flexibility index (Phi) is 6.82. The number of halogens is 1. The molecular formula is C28H36ClN7O2. The van der Waals surface area contributed by atoms with E-state index in [0.717, 1.165) is 75.0 Å². The van der Waals surface area contributed by atoms with Crippen LogP contribution in [0.3, 0.4) is 0 Å². The Morgan fingerprint density at radius 1 is 1.03 bits per heavy atom. The lowest BCUT2D eigenvalue weighted by Crippen LogP contribution is -2.45. The van der Waals surface area contributed by atoms with E-state index in [1.54, 1.807) is 12.1 Å². The fourth-order valence-corrected chi connectivity index (χ4v) is 5.91. The fraction of sp³-hybridized carbons (Fsp3) is 0.536. The highest BCUT2D eigenvalue weighted by molar-refractivity contribution is 6.31. The summed E-state index contributed by atoms with van der Waals surface area (Å²) in [5, 5.41) is 5.60. The number of nitrogens with zero attached hydrogens (tertiary/aromatic N) is 7. The van der Waals surface area contributed by atoms with Crippen LogP contribution < -0.4 is 14.5 Å². The van der Waals surface area contributed by atoms with Crippen molar-refractivity contribution in [2.24, 2.45) is 5.92 Å². The van der Waals surface area contributed by atoms with Crippen molar-refractivity contribution < 1.29 is 9.53 Å². The minimum Gasteiger partial charge on any atom is -0.491 e. The van der Waals surface area contributed by atoms with Gasteiger partial charge in [0.05, 0.1) is 17.3 Å². The van der Waals surface area contributed by atoms with Gasteiger partial charge in [-0.1, -0.05) is 18.5 Å². The summed E-state index contributed by atoms with van der Waals surface area (Å²) in [6, 6.07) is 9.42. The quantitative estimate of drug-likeness (QED) is 0.465. The van der Waals surface area contributed by atoms with E-state index in [4.69, 9.17) is 26.4 Å². The average Bonchev–Trinajstić information content (AvgIpc) is 3.33. The number of piperidine rings is 1. The molecule has 2 saturated heterocycles. The maximum atomic E-state index is 14.0. The van der Waals surface area contributed by atoms with E-state index >= 15 is 0 Å². The van der Waals surface area contributed by atoms with E-state index in [0.29, 0.717) is 35.4 Å². The summed E-state index contributed by atoms with van der Waals surface area (Å²) < 4.78 is 8.10. The lowest BCUT2D eigenvalue weighted by Gasteiger charge is -2.38. The van der Waals surface area contributed by atoms with Crippen molar-refractivity contribution in [3.8, 4) is 5.75 Å². The van der Waals surface area contributed by atoms with E-state index in [1.165, 1.54) is 0 Å². The first-order valence-corrected chi connectivity index (χ1v) is 14.0. The fourth-order valence-electron chi connectivity index (χ4n) is 5.74. The molecule has 38 heavy (non-hydrogen) atoms. The standard InChI is InChI=1S/C28H36ClN7O2/c1-19-17-34(18-19)25-16-27-33(3)11-10-32(2)12-13-38-24-8-7-20(29)14-21(24)28(37)35-9-5-4-6-23(35)22-15-26(30-25)36(27)31-22/h7-8,14-16,19,23H,4-6,9-13,17-18H2,1-3H3. The summed E-state index contributed by atoms with van der Waals surface area (Å²) in [7, 11) is 4.20. The Morgan fingerprint density at radius 3 is 2.68 bits per heavy atom. The molecule has 0 radical (unpaired) electrons. The highest BCUT2D eigenvalue weighted by Gasteiger charge is 2.33. The summed E-state index contributed by atoms with van der Waals surface area (Å²) in [5.74, 6) is 3.19. The molecule has 3 aromatic rings. The third-order valence-corrected chi connectivity index (χ3v) is 8.25. The zero-order valence-electron chi connectivity index (χ0n) is 22.4. The van der Waals surface area contributed by atoms with Gasteiger partial charge in [0.2, 0.25) is 0 Å². The monoisotopic (exact) mass is 537 g/mol. The summed E-state index contributed by atoms with van der Waals surface area (Å²) in [4.78, 5) is 27.8. The zero-order chi connectivity index (χ0) is 26.4. The van der Waals surface area contributed by atoms with Crippen LogP contribution in [0, 0.1) is 5.92 Å². The largest absolute Gasteiger partial charge is 0.491 e. The second-order valence-corrected chi connectivity index (χ2v) is 11.5. The molecule has 10 heteroatoms. The first kappa shape index (κ1) is 25.2. The first-order valence-electron chi connectivity index (χ1n) is 13.7. The molecule has 9 nitrogen and oxygen atoms in total. The topological polar surface area (TPSA) is 69.4 Å². The van der Waals surface area contributed by atoms with Crippen LogP contribution in [-0.2, 0) is 0 Å². The number of aromatic nitrogens is 3. The minimum atomic E-state index is -0.130. The third-order valence-electron chi connectivity index (χ3n) is 8.02. The zero-order valence-corrected chi connectivity index (χ0v) is 23.2. The van der Waals surface area contributed by atoms with Gasteiger partial charge in [0.15, 0.2) is 5.65 Å². The highest BCUT2D eigenvalue weighted by atomic mass is 35.5. The molecule has 0 spiro atoms. The number of rotatable bonds is 1. The van der Waals surface area contributed by atoms with Gasteiger partial charge >= 0.3 is 0 Å². The smallest absolute Gasteiger partial charge is 0.258 e. The van der Waals surface area contributed by atoms with Crippen LogP contribution >= 0.6 is 11.6 Å². The first-order chi connectivity index (χ1) is 18.4. The lowest BCUT2D eigenvalue weighted by atomic mass is 9.98. The third kappa shape index (κ3) is 4.78. The summed E-state index contributed by atoms with van der Waals surface area (Å²) in [5.41, 5.74) is 2.21. The molecule has 1 unspecified atom stereocenters. The number of hydrogen-bond acceptors (Lipinski definition) is 7. The maximum absolute atomic E-state index is 14.0. The van der Waals surface area contributed by atoms with Crippen LogP contribution in [0.1, 0.15) is 48.3 Å². The lowest BCUT2D eigenvalue weighted by molar-refractivity contribution is 0.0601. The van der Waals surface area contributed by atoms with Crippen molar-refractivity contribution in [3.63, 3.8) is 0 Å². The van der Waals surface area contributed by atoms with Crippen molar-refractivity contribution in [1.29, 1.82) is 0 Å². The van der Waals surface area contributed by atoms with Gasteiger partial charge in [-0.05, 0) is 50.4 Å². The van der Waals surface area contributed by atoms with Gasteiger partial charge in [0.25, 0.3) is 5.91 Å². The normalized spacial score (nSPS) is 21.8. The second kappa shape index (κ2) is 10.3. The van der Waals surface area contributed by atoms with Gasteiger partial charge in [-0.15, -0.1) is 0 Å². The Morgan fingerprint density at radius 2 is 1.87 bits per heavy atom. The van der Waals surface area contributed by atoms with Gasteiger partial charge in [-0.25, -0.2) is 4.98 Å². The van der Waals surface area contributed by atoms with Crippen molar-refractivity contribution >= 4 is 34.8 Å². The van der Waals surface area contributed by atoms with Gasteiger partial charge in [-0.2, -0.15) is 9.61 Å². The molecule has 2 fully saturated rings. The second-order valence-electron chi connectivity index (χ2n) is 11.0. The minimum absolute atomic E-state index is 0.0646. The number of benzene rings is 1. The number of amides is 1. The number of ether oxygens (including phenoxy) is 1. The van der Waals surface area contributed by atoms with Crippen LogP contribution in [0.5, 0.6) is 5.75 Å². The molecule has 2 bridgehead atoms. The molecule has 5 heterocycles. The van der Waals surface area contributed by atoms with E-state index in [-0.39, 0.29) is 11.9 Å².